The lowest BCUT2D eigenvalue weighted by Crippen LogP contribution is -2.29. The van der Waals surface area contributed by atoms with Gasteiger partial charge in [0.2, 0.25) is 0 Å². The van der Waals surface area contributed by atoms with Gasteiger partial charge in [-0.2, -0.15) is 0 Å². The summed E-state index contributed by atoms with van der Waals surface area (Å²) in [5.41, 5.74) is 1.19. The number of hydrogen-bond acceptors (Lipinski definition) is 5. The van der Waals surface area contributed by atoms with Crippen molar-refractivity contribution in [2.24, 2.45) is 0 Å². The molecule has 27 heavy (non-hydrogen) atoms. The van der Waals surface area contributed by atoms with Crippen LogP contribution in [-0.2, 0) is 6.42 Å². The Morgan fingerprint density at radius 1 is 1.30 bits per heavy atom. The van der Waals surface area contributed by atoms with E-state index in [2.05, 4.69) is 46.7 Å². The van der Waals surface area contributed by atoms with Crippen molar-refractivity contribution in [1.82, 2.24) is 25.5 Å². The molecule has 0 spiro atoms. The molecule has 0 atom stereocenters. The topological polar surface area (TPSA) is 125 Å². The van der Waals surface area contributed by atoms with E-state index in [1.165, 1.54) is 0 Å². The van der Waals surface area contributed by atoms with E-state index < -0.39 is 12.0 Å². The highest BCUT2D eigenvalue weighted by Gasteiger charge is 2.18. The van der Waals surface area contributed by atoms with Crippen LogP contribution in [0.2, 0.25) is 5.02 Å². The van der Waals surface area contributed by atoms with Crippen molar-refractivity contribution < 1.29 is 14.3 Å². The van der Waals surface area contributed by atoms with Crippen molar-refractivity contribution in [3.8, 4) is 5.88 Å². The van der Waals surface area contributed by atoms with Crippen molar-refractivity contribution >= 4 is 45.3 Å². The lowest BCUT2D eigenvalue weighted by molar-refractivity contribution is 0.102. The van der Waals surface area contributed by atoms with Gasteiger partial charge in [-0.15, -0.1) is 5.10 Å². The highest BCUT2D eigenvalue weighted by molar-refractivity contribution is 9.10. The van der Waals surface area contributed by atoms with E-state index in [1.807, 2.05) is 0 Å². The smallest absolute Gasteiger partial charge is 0.388 e. The zero-order valence-corrected chi connectivity index (χ0v) is 16.1. The predicted molar refractivity (Wildman–Crippen MR) is 102 cm³/mol. The standard InChI is InChI=1S/C16H14BrClN6O3/c17-12-13(22-14(25)10-3-1-2-4-11(10)18)23-24-15(12)27-16(26)20-6-5-9-7-19-8-21-9/h1-4,7-8H,5-6H2,(H,19,21)(H,20,26)(H2,22,23,24,25). The number of ether oxygens (including phenoxy) is 1. The predicted octanol–water partition coefficient (Wildman–Crippen LogP) is 3.13. The summed E-state index contributed by atoms with van der Waals surface area (Å²) >= 11 is 9.24. The fourth-order valence-electron chi connectivity index (χ4n) is 2.13. The van der Waals surface area contributed by atoms with E-state index in [1.54, 1.807) is 36.8 Å². The van der Waals surface area contributed by atoms with Gasteiger partial charge in [-0.25, -0.2) is 9.78 Å². The molecule has 2 amide bonds. The molecule has 1 aromatic carbocycles. The maximum absolute atomic E-state index is 12.3. The molecule has 0 saturated carbocycles. The number of H-pyrrole nitrogens is 2. The van der Waals surface area contributed by atoms with Crippen LogP contribution in [0.25, 0.3) is 0 Å². The number of aromatic amines is 2. The molecule has 0 fully saturated rings. The van der Waals surface area contributed by atoms with Crippen LogP contribution < -0.4 is 15.4 Å². The minimum atomic E-state index is -0.675. The van der Waals surface area contributed by atoms with E-state index >= 15 is 0 Å². The summed E-state index contributed by atoms with van der Waals surface area (Å²) in [6, 6.07) is 6.63. The van der Waals surface area contributed by atoms with Crippen LogP contribution in [0, 0.1) is 0 Å². The molecule has 11 heteroatoms. The van der Waals surface area contributed by atoms with Gasteiger partial charge in [-0.3, -0.25) is 9.89 Å². The molecule has 3 aromatic rings. The van der Waals surface area contributed by atoms with Gasteiger partial charge in [0.05, 0.1) is 16.9 Å². The molecule has 0 radical (unpaired) electrons. The van der Waals surface area contributed by atoms with Gasteiger partial charge in [0.25, 0.3) is 11.8 Å². The molecule has 0 unspecified atom stereocenters. The second-order valence-electron chi connectivity index (χ2n) is 5.29. The summed E-state index contributed by atoms with van der Waals surface area (Å²) in [6.45, 7) is 0.360. The average molecular weight is 454 g/mol. The summed E-state index contributed by atoms with van der Waals surface area (Å²) < 4.78 is 5.41. The normalized spacial score (nSPS) is 10.4. The first-order valence-corrected chi connectivity index (χ1v) is 8.94. The van der Waals surface area contributed by atoms with Crippen LogP contribution in [-0.4, -0.2) is 38.7 Å². The minimum Gasteiger partial charge on any atom is -0.388 e. The van der Waals surface area contributed by atoms with Crippen LogP contribution >= 0.6 is 27.5 Å². The van der Waals surface area contributed by atoms with Crippen molar-refractivity contribution in [3.05, 3.63) is 57.5 Å². The first-order chi connectivity index (χ1) is 13.0. The maximum atomic E-state index is 12.3. The zero-order chi connectivity index (χ0) is 19.2. The second kappa shape index (κ2) is 8.69. The summed E-state index contributed by atoms with van der Waals surface area (Å²) in [5.74, 6) is -0.204. The van der Waals surface area contributed by atoms with E-state index in [0.29, 0.717) is 28.0 Å². The number of imidazole rings is 1. The molecule has 9 nitrogen and oxygen atoms in total. The molecule has 0 aliphatic rings. The van der Waals surface area contributed by atoms with Gasteiger partial charge in [-0.05, 0) is 28.1 Å². The highest BCUT2D eigenvalue weighted by Crippen LogP contribution is 2.30. The Hall–Kier alpha value is -2.85. The van der Waals surface area contributed by atoms with E-state index in [0.717, 1.165) is 5.69 Å². The van der Waals surface area contributed by atoms with Gasteiger partial charge in [0.15, 0.2) is 0 Å². The summed E-state index contributed by atoms with van der Waals surface area (Å²) in [5, 5.41) is 12.0. The third-order valence-electron chi connectivity index (χ3n) is 3.44. The van der Waals surface area contributed by atoms with Gasteiger partial charge < -0.3 is 20.4 Å². The second-order valence-corrected chi connectivity index (χ2v) is 6.50. The zero-order valence-electron chi connectivity index (χ0n) is 13.8. The SMILES string of the molecule is O=C(NCCc1cnc[nH]1)Oc1n[nH]c(NC(=O)c2ccccc2Cl)c1Br. The molecular weight excluding hydrogens is 440 g/mol. The van der Waals surface area contributed by atoms with Crippen LogP contribution in [0.1, 0.15) is 16.1 Å². The molecule has 2 heterocycles. The first-order valence-electron chi connectivity index (χ1n) is 7.77. The minimum absolute atomic E-state index is 0.0106. The lowest BCUT2D eigenvalue weighted by Gasteiger charge is -2.05. The molecule has 0 bridgehead atoms. The molecular formula is C16H14BrClN6O3. The van der Waals surface area contributed by atoms with E-state index in [9.17, 15) is 9.59 Å². The average Bonchev–Trinajstić information content (AvgIpc) is 3.27. The number of carbonyl (C=O) groups is 2. The Balaban J connectivity index is 1.55. The van der Waals surface area contributed by atoms with E-state index in [-0.39, 0.29) is 11.7 Å². The van der Waals surface area contributed by atoms with Crippen LogP contribution in [0.3, 0.4) is 0 Å². The Labute approximate surface area is 167 Å². The fraction of sp³-hybridized carbons (Fsp3) is 0.125. The number of halogens is 2. The number of amides is 2. The molecule has 3 rings (SSSR count). The van der Waals surface area contributed by atoms with Crippen LogP contribution in [0.15, 0.2) is 41.3 Å². The Kier molecular flexibility index (Phi) is 6.09. The monoisotopic (exact) mass is 452 g/mol. The maximum Gasteiger partial charge on any atom is 0.414 e. The summed E-state index contributed by atoms with van der Waals surface area (Å²) in [7, 11) is 0. The summed E-state index contributed by atoms with van der Waals surface area (Å²) in [4.78, 5) is 31.0. The summed E-state index contributed by atoms with van der Waals surface area (Å²) in [6.07, 6.45) is 3.14. The number of nitrogens with one attached hydrogen (secondary N) is 4. The Morgan fingerprint density at radius 2 is 2.11 bits per heavy atom. The molecule has 0 aliphatic heterocycles. The fourth-order valence-corrected chi connectivity index (χ4v) is 2.71. The van der Waals surface area contributed by atoms with Gasteiger partial charge in [0.1, 0.15) is 10.3 Å². The van der Waals surface area contributed by atoms with Crippen molar-refractivity contribution in [1.29, 1.82) is 0 Å². The number of carbonyl (C=O) groups excluding carboxylic acids is 2. The number of nitrogens with zero attached hydrogens (tertiary/aromatic N) is 2. The van der Waals surface area contributed by atoms with Gasteiger partial charge >= 0.3 is 6.09 Å². The van der Waals surface area contributed by atoms with Crippen LogP contribution in [0.5, 0.6) is 5.88 Å². The third kappa shape index (κ3) is 4.86. The number of anilines is 1. The Morgan fingerprint density at radius 3 is 2.85 bits per heavy atom. The number of aromatic nitrogens is 4. The number of rotatable bonds is 6. The highest BCUT2D eigenvalue weighted by atomic mass is 79.9. The van der Waals surface area contributed by atoms with Crippen LogP contribution in [0.4, 0.5) is 10.6 Å². The van der Waals surface area contributed by atoms with E-state index in [4.69, 9.17) is 16.3 Å². The van der Waals surface area contributed by atoms with Gasteiger partial charge in [-0.1, -0.05) is 23.7 Å². The van der Waals surface area contributed by atoms with Gasteiger partial charge in [0, 0.05) is 24.9 Å². The number of benzene rings is 1. The Bertz CT molecular complexity index is 944. The molecule has 0 saturated heterocycles. The molecule has 2 aromatic heterocycles. The third-order valence-corrected chi connectivity index (χ3v) is 4.51. The van der Waals surface area contributed by atoms with Crippen molar-refractivity contribution in [2.45, 2.75) is 6.42 Å². The van der Waals surface area contributed by atoms with Crippen molar-refractivity contribution in [3.63, 3.8) is 0 Å². The lowest BCUT2D eigenvalue weighted by atomic mass is 10.2. The number of hydrogen-bond donors (Lipinski definition) is 4. The molecule has 140 valence electrons. The van der Waals surface area contributed by atoms with Crippen molar-refractivity contribution in [2.75, 3.05) is 11.9 Å². The quantitative estimate of drug-likeness (QED) is 0.456. The largest absolute Gasteiger partial charge is 0.414 e. The first kappa shape index (κ1) is 18.9. The molecule has 0 aliphatic carbocycles. The molecule has 4 N–H and O–H groups in total.